The number of urea groups is 1. The molecule has 1 atom stereocenters. The number of carboxylic acids is 1. The highest BCUT2D eigenvalue weighted by atomic mass is 16.5. The first kappa shape index (κ1) is 14.3. The number of ether oxygens (including phenoxy) is 1. The van der Waals surface area contributed by atoms with Gasteiger partial charge in [-0.1, -0.05) is 0 Å². The quantitative estimate of drug-likeness (QED) is 0.562. The lowest BCUT2D eigenvalue weighted by molar-refractivity contribution is -0.142. The maximum absolute atomic E-state index is 11.4. The zero-order chi connectivity index (χ0) is 13.5. The molecule has 7 nitrogen and oxygen atoms in total. The normalized spacial score (nSPS) is 15.6. The molecule has 7 heteroatoms. The number of esters is 1. The molecule has 0 unspecified atom stereocenters. The van der Waals surface area contributed by atoms with Gasteiger partial charge in [-0.25, -0.2) is 9.59 Å². The van der Waals surface area contributed by atoms with Gasteiger partial charge in [-0.2, -0.15) is 0 Å². The second-order valence-corrected chi connectivity index (χ2v) is 4.30. The van der Waals surface area contributed by atoms with Crippen LogP contribution in [0.5, 0.6) is 0 Å². The van der Waals surface area contributed by atoms with Gasteiger partial charge in [-0.15, -0.1) is 0 Å². The Balaban J connectivity index is 2.28. The Morgan fingerprint density at radius 1 is 1.39 bits per heavy atom. The first-order chi connectivity index (χ1) is 8.52. The van der Waals surface area contributed by atoms with Crippen LogP contribution in [0.2, 0.25) is 0 Å². The van der Waals surface area contributed by atoms with Gasteiger partial charge in [0, 0.05) is 13.0 Å². The van der Waals surface area contributed by atoms with Gasteiger partial charge in [-0.3, -0.25) is 4.79 Å². The highest BCUT2D eigenvalue weighted by molar-refractivity contribution is 5.83. The predicted octanol–water partition coefficient (Wildman–Crippen LogP) is 0.102. The van der Waals surface area contributed by atoms with E-state index in [-0.39, 0.29) is 12.8 Å². The molecule has 0 aliphatic heterocycles. The number of rotatable bonds is 7. The van der Waals surface area contributed by atoms with Crippen molar-refractivity contribution < 1.29 is 24.2 Å². The van der Waals surface area contributed by atoms with Crippen LogP contribution < -0.4 is 10.6 Å². The lowest BCUT2D eigenvalue weighted by atomic mass is 10.1. The first-order valence-corrected chi connectivity index (χ1v) is 5.87. The van der Waals surface area contributed by atoms with Gasteiger partial charge in [0.25, 0.3) is 0 Å². The lowest BCUT2D eigenvalue weighted by Gasteiger charge is -2.14. The summed E-state index contributed by atoms with van der Waals surface area (Å²) in [4.78, 5) is 33.2. The highest BCUT2D eigenvalue weighted by Crippen LogP contribution is 2.27. The summed E-state index contributed by atoms with van der Waals surface area (Å²) in [5.74, 6) is -1.14. The van der Waals surface area contributed by atoms with Crippen molar-refractivity contribution in [3.63, 3.8) is 0 Å². The van der Waals surface area contributed by atoms with Crippen LogP contribution in [0, 0.1) is 5.92 Å². The molecule has 0 spiro atoms. The number of hydrogen-bond acceptors (Lipinski definition) is 4. The van der Waals surface area contributed by atoms with E-state index in [0.717, 1.165) is 12.8 Å². The molecule has 0 radical (unpaired) electrons. The Morgan fingerprint density at radius 3 is 2.56 bits per heavy atom. The topological polar surface area (TPSA) is 105 Å². The maximum Gasteiger partial charge on any atom is 0.326 e. The number of carbonyl (C=O) groups is 3. The zero-order valence-corrected chi connectivity index (χ0v) is 10.3. The standard InChI is InChI=1S/C11H18N2O5/c1-18-9(14)5-4-8(10(15)16)13-11(17)12-6-7-2-3-7/h7-8H,2-6H2,1H3,(H,15,16)(H2,12,13,17)/t8-/m0/s1. The molecule has 18 heavy (non-hydrogen) atoms. The molecule has 0 saturated heterocycles. The Labute approximate surface area is 105 Å². The Morgan fingerprint density at radius 2 is 2.06 bits per heavy atom. The largest absolute Gasteiger partial charge is 0.480 e. The molecule has 1 fully saturated rings. The van der Waals surface area contributed by atoms with Crippen molar-refractivity contribution >= 4 is 18.0 Å². The van der Waals surface area contributed by atoms with E-state index in [1.165, 1.54) is 7.11 Å². The van der Waals surface area contributed by atoms with Crippen molar-refractivity contribution in [3.05, 3.63) is 0 Å². The SMILES string of the molecule is COC(=O)CC[C@H](NC(=O)NCC1CC1)C(=O)O. The van der Waals surface area contributed by atoms with Crippen molar-refractivity contribution in [1.82, 2.24) is 10.6 Å². The van der Waals surface area contributed by atoms with Crippen LogP contribution in [-0.2, 0) is 14.3 Å². The van der Waals surface area contributed by atoms with Gasteiger partial charge >= 0.3 is 18.0 Å². The molecule has 0 aromatic rings. The number of carbonyl (C=O) groups excluding carboxylic acids is 2. The number of aliphatic carboxylic acids is 1. The molecule has 1 rings (SSSR count). The summed E-state index contributed by atoms with van der Waals surface area (Å²) in [6, 6.07) is -1.59. The van der Waals surface area contributed by atoms with E-state index in [1.54, 1.807) is 0 Å². The summed E-state index contributed by atoms with van der Waals surface area (Å²) in [5.41, 5.74) is 0. The van der Waals surface area contributed by atoms with Gasteiger partial charge in [0.2, 0.25) is 0 Å². The molecule has 1 aliphatic carbocycles. The third-order valence-electron chi connectivity index (χ3n) is 2.72. The van der Waals surface area contributed by atoms with Gasteiger partial charge < -0.3 is 20.5 Å². The van der Waals surface area contributed by atoms with Crippen molar-refractivity contribution in [3.8, 4) is 0 Å². The van der Waals surface area contributed by atoms with E-state index in [4.69, 9.17) is 5.11 Å². The van der Waals surface area contributed by atoms with Crippen LogP contribution in [0.4, 0.5) is 4.79 Å². The van der Waals surface area contributed by atoms with Gasteiger partial charge in [-0.05, 0) is 25.2 Å². The predicted molar refractivity (Wildman–Crippen MR) is 61.9 cm³/mol. The van der Waals surface area contributed by atoms with E-state index in [9.17, 15) is 14.4 Å². The number of amides is 2. The molecule has 1 aliphatic rings. The van der Waals surface area contributed by atoms with E-state index >= 15 is 0 Å². The summed E-state index contributed by atoms with van der Waals surface area (Å²) >= 11 is 0. The van der Waals surface area contributed by atoms with Crippen LogP contribution in [0.25, 0.3) is 0 Å². The summed E-state index contributed by atoms with van der Waals surface area (Å²) in [6.07, 6.45) is 2.17. The molecule has 1 saturated carbocycles. The minimum atomic E-state index is -1.17. The Hall–Kier alpha value is -1.79. The van der Waals surface area contributed by atoms with Gasteiger partial charge in [0.05, 0.1) is 7.11 Å². The summed E-state index contributed by atoms with van der Waals surface area (Å²) in [6.45, 7) is 0.565. The second kappa shape index (κ2) is 6.83. The van der Waals surface area contributed by atoms with Crippen LogP contribution in [0.15, 0.2) is 0 Å². The number of nitrogens with one attached hydrogen (secondary N) is 2. The van der Waals surface area contributed by atoms with Crippen LogP contribution in [-0.4, -0.2) is 42.8 Å². The molecule has 0 bridgehead atoms. The van der Waals surface area contributed by atoms with Crippen LogP contribution in [0.1, 0.15) is 25.7 Å². The minimum Gasteiger partial charge on any atom is -0.480 e. The lowest BCUT2D eigenvalue weighted by Crippen LogP contribution is -2.46. The summed E-state index contributed by atoms with van der Waals surface area (Å²) in [5, 5.41) is 13.8. The monoisotopic (exact) mass is 258 g/mol. The van der Waals surface area contributed by atoms with E-state index in [1.807, 2.05) is 0 Å². The number of methoxy groups -OCH3 is 1. The molecule has 2 amide bonds. The summed E-state index contributed by atoms with van der Waals surface area (Å²) < 4.78 is 4.41. The highest BCUT2D eigenvalue weighted by Gasteiger charge is 2.24. The molecule has 3 N–H and O–H groups in total. The third-order valence-corrected chi connectivity index (χ3v) is 2.72. The maximum atomic E-state index is 11.4. The molecule has 102 valence electrons. The van der Waals surface area contributed by atoms with E-state index in [2.05, 4.69) is 15.4 Å². The molecule has 0 aromatic carbocycles. The van der Waals surface area contributed by atoms with E-state index in [0.29, 0.717) is 12.5 Å². The van der Waals surface area contributed by atoms with Gasteiger partial charge in [0.1, 0.15) is 6.04 Å². The summed E-state index contributed by atoms with van der Waals surface area (Å²) in [7, 11) is 1.23. The van der Waals surface area contributed by atoms with Crippen LogP contribution in [0.3, 0.4) is 0 Å². The van der Waals surface area contributed by atoms with Crippen molar-refractivity contribution in [2.75, 3.05) is 13.7 Å². The second-order valence-electron chi connectivity index (χ2n) is 4.30. The average molecular weight is 258 g/mol. The number of carboxylic acid groups (broad SMARTS) is 1. The molecule has 0 heterocycles. The van der Waals surface area contributed by atoms with Gasteiger partial charge in [0.15, 0.2) is 0 Å². The van der Waals surface area contributed by atoms with E-state index < -0.39 is 24.0 Å². The fraction of sp³-hybridized carbons (Fsp3) is 0.727. The minimum absolute atomic E-state index is 0.0128. The Kier molecular flexibility index (Phi) is 5.41. The third kappa shape index (κ3) is 5.51. The van der Waals surface area contributed by atoms with Crippen molar-refractivity contribution in [2.24, 2.45) is 5.92 Å². The van der Waals surface area contributed by atoms with Crippen molar-refractivity contribution in [1.29, 1.82) is 0 Å². The Bertz CT molecular complexity index is 327. The molecular weight excluding hydrogens is 240 g/mol. The first-order valence-electron chi connectivity index (χ1n) is 5.87. The fourth-order valence-corrected chi connectivity index (χ4v) is 1.39. The average Bonchev–Trinajstić information content (AvgIpc) is 3.14. The van der Waals surface area contributed by atoms with Crippen molar-refractivity contribution in [2.45, 2.75) is 31.7 Å². The smallest absolute Gasteiger partial charge is 0.326 e. The molecular formula is C11H18N2O5. The number of hydrogen-bond donors (Lipinski definition) is 3. The fourth-order valence-electron chi connectivity index (χ4n) is 1.39. The van der Waals surface area contributed by atoms with Crippen LogP contribution >= 0.6 is 0 Å². The molecule has 0 aromatic heterocycles. The zero-order valence-electron chi connectivity index (χ0n) is 10.3.